The van der Waals surface area contributed by atoms with Gasteiger partial charge in [0.2, 0.25) is 0 Å². The Morgan fingerprint density at radius 2 is 1.48 bits per heavy atom. The van der Waals surface area contributed by atoms with E-state index in [1.54, 1.807) is 6.92 Å². The van der Waals surface area contributed by atoms with E-state index in [-0.39, 0.29) is 28.4 Å². The lowest BCUT2D eigenvalue weighted by atomic mass is 9.68. The molecule has 8 nitrogen and oxygen atoms in total. The molecule has 0 saturated heterocycles. The van der Waals surface area contributed by atoms with Crippen molar-refractivity contribution in [1.29, 1.82) is 0 Å². The van der Waals surface area contributed by atoms with Gasteiger partial charge in [-0.25, -0.2) is 0 Å². The number of aliphatic hydroxyl groups excluding tert-OH is 1. The molecule has 0 saturated carbocycles. The van der Waals surface area contributed by atoms with Gasteiger partial charge >= 0.3 is 5.97 Å². The monoisotopic (exact) mass is 352 g/mol. The molecule has 0 bridgehead atoms. The Bertz CT molecular complexity index is 767. The molecule has 0 aliphatic heterocycles. The molecule has 1 unspecified atom stereocenters. The van der Waals surface area contributed by atoms with Gasteiger partial charge in [-0.05, 0) is 13.8 Å². The number of carbonyl (C=O) groups is 3. The first-order chi connectivity index (χ1) is 11.7. The predicted octanol–water partition coefficient (Wildman–Crippen LogP) is 0.940. The van der Waals surface area contributed by atoms with Crippen LogP contribution in [0.5, 0.6) is 17.2 Å². The standard InChI is InChI=1S/C17H20O8/c1-7-11(22-3)9-8(13(24-5)12(7)23-4)10(18)15(20)17(2,14(9)19)16(21)25-6/h15,20H,1-6H3/t15?,17-/m0/s1. The van der Waals surface area contributed by atoms with E-state index in [0.717, 1.165) is 14.0 Å². The number of Topliss-reactive ketones (excluding diaryl/α,β-unsaturated/α-hetero) is 2. The van der Waals surface area contributed by atoms with Crippen LogP contribution in [0.3, 0.4) is 0 Å². The molecule has 0 radical (unpaired) electrons. The topological polar surface area (TPSA) is 108 Å². The number of methoxy groups -OCH3 is 4. The summed E-state index contributed by atoms with van der Waals surface area (Å²) in [7, 11) is 5.08. The molecular weight excluding hydrogens is 332 g/mol. The highest BCUT2D eigenvalue weighted by Crippen LogP contribution is 2.50. The average molecular weight is 352 g/mol. The molecule has 1 aromatic rings. The maximum atomic E-state index is 13.1. The van der Waals surface area contributed by atoms with Gasteiger partial charge in [0, 0.05) is 5.56 Å². The van der Waals surface area contributed by atoms with E-state index in [9.17, 15) is 19.5 Å². The number of esters is 1. The van der Waals surface area contributed by atoms with Gasteiger partial charge in [-0.2, -0.15) is 0 Å². The third-order valence-corrected chi connectivity index (χ3v) is 4.55. The van der Waals surface area contributed by atoms with Crippen molar-refractivity contribution in [2.45, 2.75) is 20.0 Å². The summed E-state index contributed by atoms with van der Waals surface area (Å²) >= 11 is 0. The van der Waals surface area contributed by atoms with Crippen LogP contribution in [0.1, 0.15) is 33.2 Å². The van der Waals surface area contributed by atoms with Gasteiger partial charge in [0.1, 0.15) is 11.9 Å². The zero-order valence-corrected chi connectivity index (χ0v) is 14.9. The van der Waals surface area contributed by atoms with Crippen LogP contribution in [0.25, 0.3) is 0 Å². The largest absolute Gasteiger partial charge is 0.496 e. The molecule has 136 valence electrons. The minimum atomic E-state index is -2.09. The SMILES string of the molecule is COC(=O)[C@@]1(C)C(=O)c2c(OC)c(C)c(OC)c(OC)c2C(=O)C1O. The van der Waals surface area contributed by atoms with E-state index in [0.29, 0.717) is 5.56 Å². The molecule has 0 heterocycles. The number of aliphatic hydroxyl groups is 1. The number of benzene rings is 1. The van der Waals surface area contributed by atoms with Gasteiger partial charge in [-0.3, -0.25) is 14.4 Å². The van der Waals surface area contributed by atoms with Gasteiger partial charge in [0.05, 0.1) is 39.6 Å². The van der Waals surface area contributed by atoms with Crippen molar-refractivity contribution < 1.29 is 38.4 Å². The van der Waals surface area contributed by atoms with Gasteiger partial charge < -0.3 is 24.1 Å². The molecule has 8 heteroatoms. The first kappa shape index (κ1) is 18.7. The van der Waals surface area contributed by atoms with E-state index in [1.807, 2.05) is 0 Å². The number of fused-ring (bicyclic) bond motifs is 1. The average Bonchev–Trinajstić information content (AvgIpc) is 2.62. The second-order valence-corrected chi connectivity index (χ2v) is 5.76. The fraction of sp³-hybridized carbons (Fsp3) is 0.471. The molecule has 2 rings (SSSR count). The van der Waals surface area contributed by atoms with Crippen LogP contribution in [-0.2, 0) is 9.53 Å². The number of hydrogen-bond acceptors (Lipinski definition) is 8. The van der Waals surface area contributed by atoms with Gasteiger partial charge in [0.25, 0.3) is 0 Å². The fourth-order valence-corrected chi connectivity index (χ4v) is 3.15. The van der Waals surface area contributed by atoms with Crippen molar-refractivity contribution in [2.75, 3.05) is 28.4 Å². The number of ketones is 2. The summed E-state index contributed by atoms with van der Waals surface area (Å²) in [6.45, 7) is 2.79. The molecule has 0 spiro atoms. The van der Waals surface area contributed by atoms with E-state index < -0.39 is 29.1 Å². The lowest BCUT2D eigenvalue weighted by Crippen LogP contribution is -2.54. The Morgan fingerprint density at radius 1 is 0.960 bits per heavy atom. The van der Waals surface area contributed by atoms with Crippen molar-refractivity contribution in [2.24, 2.45) is 5.41 Å². The first-order valence-corrected chi connectivity index (χ1v) is 7.40. The zero-order chi connectivity index (χ0) is 19.1. The molecule has 0 fully saturated rings. The molecule has 1 N–H and O–H groups in total. The fourth-order valence-electron chi connectivity index (χ4n) is 3.15. The van der Waals surface area contributed by atoms with Crippen molar-refractivity contribution in [3.05, 3.63) is 16.7 Å². The van der Waals surface area contributed by atoms with Gasteiger partial charge in [-0.15, -0.1) is 0 Å². The Balaban J connectivity index is 2.97. The predicted molar refractivity (Wildman–Crippen MR) is 85.6 cm³/mol. The Labute approximate surface area is 144 Å². The number of rotatable bonds is 4. The van der Waals surface area contributed by atoms with Crippen LogP contribution in [0.4, 0.5) is 0 Å². The summed E-state index contributed by atoms with van der Waals surface area (Å²) in [6, 6.07) is 0. The summed E-state index contributed by atoms with van der Waals surface area (Å²) in [6.07, 6.45) is -1.93. The maximum Gasteiger partial charge on any atom is 0.322 e. The highest BCUT2D eigenvalue weighted by atomic mass is 16.5. The summed E-state index contributed by atoms with van der Waals surface area (Å²) in [5.41, 5.74) is -1.98. The second kappa shape index (κ2) is 6.36. The summed E-state index contributed by atoms with van der Waals surface area (Å²) in [5.74, 6) is -2.38. The van der Waals surface area contributed by atoms with E-state index in [2.05, 4.69) is 4.74 Å². The second-order valence-electron chi connectivity index (χ2n) is 5.76. The highest BCUT2D eigenvalue weighted by Gasteiger charge is 2.58. The number of hydrogen-bond donors (Lipinski definition) is 1. The van der Waals surface area contributed by atoms with Crippen LogP contribution in [0.15, 0.2) is 0 Å². The van der Waals surface area contributed by atoms with Crippen molar-refractivity contribution >= 4 is 17.5 Å². The molecule has 2 atom stereocenters. The lowest BCUT2D eigenvalue weighted by Gasteiger charge is -2.36. The van der Waals surface area contributed by atoms with Crippen molar-refractivity contribution in [3.63, 3.8) is 0 Å². The third-order valence-electron chi connectivity index (χ3n) is 4.55. The summed E-state index contributed by atoms with van der Waals surface area (Å²) < 4.78 is 20.5. The summed E-state index contributed by atoms with van der Waals surface area (Å²) in [4.78, 5) is 38.1. The molecule has 25 heavy (non-hydrogen) atoms. The van der Waals surface area contributed by atoms with Crippen LogP contribution in [0.2, 0.25) is 0 Å². The minimum Gasteiger partial charge on any atom is -0.496 e. The Morgan fingerprint density at radius 3 is 1.92 bits per heavy atom. The molecule has 0 amide bonds. The molecule has 0 aromatic heterocycles. The van der Waals surface area contributed by atoms with Gasteiger partial charge in [-0.1, -0.05) is 0 Å². The van der Waals surface area contributed by atoms with E-state index in [4.69, 9.17) is 14.2 Å². The highest BCUT2D eigenvalue weighted by molar-refractivity contribution is 6.27. The zero-order valence-electron chi connectivity index (χ0n) is 14.9. The van der Waals surface area contributed by atoms with Gasteiger partial charge in [0.15, 0.2) is 28.5 Å². The van der Waals surface area contributed by atoms with Crippen LogP contribution in [-0.4, -0.2) is 57.2 Å². The minimum absolute atomic E-state index is 0.000107. The van der Waals surface area contributed by atoms with Crippen LogP contribution < -0.4 is 14.2 Å². The summed E-state index contributed by atoms with van der Waals surface area (Å²) in [5, 5.41) is 10.4. The quantitative estimate of drug-likeness (QED) is 0.630. The molecule has 1 aromatic carbocycles. The Kier molecular flexibility index (Phi) is 4.76. The van der Waals surface area contributed by atoms with Crippen molar-refractivity contribution in [3.8, 4) is 17.2 Å². The first-order valence-electron chi connectivity index (χ1n) is 7.40. The number of carbonyl (C=O) groups excluding carboxylic acids is 3. The third kappa shape index (κ3) is 2.28. The van der Waals surface area contributed by atoms with Crippen molar-refractivity contribution in [1.82, 2.24) is 0 Å². The normalized spacial score (nSPS) is 22.3. The number of ether oxygens (including phenoxy) is 4. The molecule has 1 aliphatic rings. The maximum absolute atomic E-state index is 13.1. The molecular formula is C17H20O8. The Hall–Kier alpha value is -2.61. The van der Waals surface area contributed by atoms with E-state index >= 15 is 0 Å². The lowest BCUT2D eigenvalue weighted by molar-refractivity contribution is -0.153. The smallest absolute Gasteiger partial charge is 0.322 e. The van der Waals surface area contributed by atoms with E-state index in [1.165, 1.54) is 21.3 Å². The van der Waals surface area contributed by atoms with Crippen LogP contribution in [0, 0.1) is 12.3 Å². The molecule has 1 aliphatic carbocycles. The van der Waals surface area contributed by atoms with Crippen LogP contribution >= 0.6 is 0 Å².